The Balaban J connectivity index is 1.50. The summed E-state index contributed by atoms with van der Waals surface area (Å²) in [5.74, 6) is 0.847. The second-order valence-electron chi connectivity index (χ2n) is 6.39. The van der Waals surface area contributed by atoms with Crippen LogP contribution >= 0.6 is 0 Å². The van der Waals surface area contributed by atoms with Crippen LogP contribution in [-0.4, -0.2) is 43.6 Å². The zero-order valence-electron chi connectivity index (χ0n) is 13.5. The molecule has 4 heterocycles. The lowest BCUT2D eigenvalue weighted by Crippen LogP contribution is -2.31. The van der Waals surface area contributed by atoms with Crippen LogP contribution in [0.2, 0.25) is 0 Å². The highest BCUT2D eigenvalue weighted by Crippen LogP contribution is 2.20. The minimum absolute atomic E-state index is 0.847. The number of aromatic amines is 1. The molecule has 4 rings (SSSR count). The highest BCUT2D eigenvalue weighted by atomic mass is 15.1. The van der Waals surface area contributed by atoms with Gasteiger partial charge >= 0.3 is 0 Å². The lowest BCUT2D eigenvalue weighted by Gasteiger charge is -2.27. The van der Waals surface area contributed by atoms with E-state index in [1.807, 2.05) is 6.20 Å². The lowest BCUT2D eigenvalue weighted by molar-refractivity contribution is 0.240. The van der Waals surface area contributed by atoms with Crippen LogP contribution in [-0.2, 0) is 19.5 Å². The Morgan fingerprint density at radius 2 is 2.17 bits per heavy atom. The molecule has 2 aliphatic heterocycles. The molecular weight excluding hydrogens is 288 g/mol. The van der Waals surface area contributed by atoms with Crippen molar-refractivity contribution in [3.05, 3.63) is 41.0 Å². The Labute approximate surface area is 136 Å². The fraction of sp³-hybridized carbons (Fsp3) is 0.529. The average molecular weight is 310 g/mol. The fourth-order valence-electron chi connectivity index (χ4n) is 3.29. The standard InChI is InChI=1S/C17H22N6/c1-12-16(21-11-20-12)10-23-7-5-14-13(9-23)8-19-17(22-14)15-4-2-3-6-18-15/h8,11H,2-7,9-10H2,1H3,(H,20,21). The first-order valence-electron chi connectivity index (χ1n) is 8.39. The zero-order chi connectivity index (χ0) is 15.6. The molecule has 2 aliphatic rings. The average Bonchev–Trinajstić information content (AvgIpc) is 3.00. The van der Waals surface area contributed by atoms with Crippen molar-refractivity contribution < 1.29 is 0 Å². The Morgan fingerprint density at radius 1 is 1.22 bits per heavy atom. The largest absolute Gasteiger partial charge is 0.348 e. The van der Waals surface area contributed by atoms with Gasteiger partial charge < -0.3 is 4.98 Å². The molecular formula is C17H22N6. The highest BCUT2D eigenvalue weighted by Gasteiger charge is 2.21. The van der Waals surface area contributed by atoms with E-state index >= 15 is 0 Å². The number of hydrogen-bond donors (Lipinski definition) is 1. The summed E-state index contributed by atoms with van der Waals surface area (Å²) in [6.07, 6.45) is 8.15. The second-order valence-corrected chi connectivity index (χ2v) is 6.39. The number of imidazole rings is 1. The summed E-state index contributed by atoms with van der Waals surface area (Å²) in [7, 11) is 0. The van der Waals surface area contributed by atoms with Gasteiger partial charge in [-0.3, -0.25) is 9.89 Å². The normalized spacial score (nSPS) is 18.6. The Kier molecular flexibility index (Phi) is 3.91. The van der Waals surface area contributed by atoms with E-state index in [4.69, 9.17) is 4.98 Å². The van der Waals surface area contributed by atoms with Crippen LogP contribution < -0.4 is 0 Å². The van der Waals surface area contributed by atoms with Crippen LogP contribution in [0.4, 0.5) is 0 Å². The number of aryl methyl sites for hydroxylation is 1. The molecule has 23 heavy (non-hydrogen) atoms. The van der Waals surface area contributed by atoms with E-state index in [0.29, 0.717) is 0 Å². The minimum atomic E-state index is 0.847. The second kappa shape index (κ2) is 6.20. The van der Waals surface area contributed by atoms with Crippen LogP contribution in [0, 0.1) is 6.92 Å². The van der Waals surface area contributed by atoms with Crippen LogP contribution in [0.5, 0.6) is 0 Å². The number of fused-ring (bicyclic) bond motifs is 1. The maximum atomic E-state index is 4.80. The van der Waals surface area contributed by atoms with Gasteiger partial charge in [-0.2, -0.15) is 0 Å². The van der Waals surface area contributed by atoms with Crippen LogP contribution in [0.1, 0.15) is 47.7 Å². The smallest absolute Gasteiger partial charge is 0.173 e. The first kappa shape index (κ1) is 14.5. The lowest BCUT2D eigenvalue weighted by atomic mass is 10.1. The Bertz CT molecular complexity index is 732. The summed E-state index contributed by atoms with van der Waals surface area (Å²) in [5, 5.41) is 0. The summed E-state index contributed by atoms with van der Waals surface area (Å²) in [4.78, 5) is 23.9. The van der Waals surface area contributed by atoms with Crippen LogP contribution in [0.3, 0.4) is 0 Å². The topological polar surface area (TPSA) is 70.1 Å². The third kappa shape index (κ3) is 3.03. The fourth-order valence-corrected chi connectivity index (χ4v) is 3.29. The molecule has 0 unspecified atom stereocenters. The molecule has 6 heteroatoms. The monoisotopic (exact) mass is 310 g/mol. The number of H-pyrrole nitrogens is 1. The van der Waals surface area contributed by atoms with E-state index in [9.17, 15) is 0 Å². The van der Waals surface area contributed by atoms with Gasteiger partial charge in [0, 0.05) is 50.1 Å². The van der Waals surface area contributed by atoms with Crippen molar-refractivity contribution in [3.8, 4) is 0 Å². The minimum Gasteiger partial charge on any atom is -0.348 e. The van der Waals surface area contributed by atoms with E-state index in [1.54, 1.807) is 6.33 Å². The van der Waals surface area contributed by atoms with Crippen molar-refractivity contribution in [2.45, 2.75) is 45.7 Å². The number of nitrogens with zero attached hydrogens (tertiary/aromatic N) is 5. The van der Waals surface area contributed by atoms with Crippen molar-refractivity contribution in [1.82, 2.24) is 24.8 Å². The quantitative estimate of drug-likeness (QED) is 0.942. The molecule has 0 aliphatic carbocycles. The summed E-state index contributed by atoms with van der Waals surface area (Å²) in [6, 6.07) is 0. The predicted molar refractivity (Wildman–Crippen MR) is 88.4 cm³/mol. The molecule has 0 bridgehead atoms. The Morgan fingerprint density at radius 3 is 2.96 bits per heavy atom. The maximum Gasteiger partial charge on any atom is 0.173 e. The molecule has 6 nitrogen and oxygen atoms in total. The zero-order valence-corrected chi connectivity index (χ0v) is 13.5. The maximum absolute atomic E-state index is 4.80. The van der Waals surface area contributed by atoms with E-state index in [-0.39, 0.29) is 0 Å². The molecule has 0 radical (unpaired) electrons. The SMILES string of the molecule is Cc1[nH]cnc1CN1CCc2nc(C3=NCCCC3)ncc2C1. The number of rotatable bonds is 3. The molecule has 1 N–H and O–H groups in total. The van der Waals surface area contributed by atoms with Gasteiger partial charge in [-0.15, -0.1) is 0 Å². The molecule has 0 aromatic carbocycles. The highest BCUT2D eigenvalue weighted by molar-refractivity contribution is 5.97. The van der Waals surface area contributed by atoms with Crippen LogP contribution in [0.15, 0.2) is 17.5 Å². The first-order valence-corrected chi connectivity index (χ1v) is 8.39. The predicted octanol–water partition coefficient (Wildman–Crippen LogP) is 2.04. The molecule has 0 saturated heterocycles. The van der Waals surface area contributed by atoms with E-state index in [2.05, 4.69) is 31.8 Å². The van der Waals surface area contributed by atoms with Crippen molar-refractivity contribution in [2.75, 3.05) is 13.1 Å². The van der Waals surface area contributed by atoms with E-state index in [0.717, 1.165) is 61.9 Å². The molecule has 2 aromatic heterocycles. The molecule has 0 atom stereocenters. The van der Waals surface area contributed by atoms with Crippen molar-refractivity contribution in [2.24, 2.45) is 4.99 Å². The van der Waals surface area contributed by atoms with Gasteiger partial charge in [0.1, 0.15) is 0 Å². The van der Waals surface area contributed by atoms with Gasteiger partial charge in [-0.25, -0.2) is 15.0 Å². The molecule has 2 aromatic rings. The molecule has 0 saturated carbocycles. The molecule has 0 spiro atoms. The van der Waals surface area contributed by atoms with Gasteiger partial charge in [0.2, 0.25) is 0 Å². The third-order valence-electron chi connectivity index (χ3n) is 4.70. The summed E-state index contributed by atoms with van der Waals surface area (Å²) in [6.45, 7) is 5.78. The van der Waals surface area contributed by atoms with Gasteiger partial charge in [0.15, 0.2) is 5.82 Å². The Hall–Kier alpha value is -2.08. The molecule has 120 valence electrons. The van der Waals surface area contributed by atoms with Crippen LogP contribution in [0.25, 0.3) is 0 Å². The number of hydrogen-bond acceptors (Lipinski definition) is 5. The number of aromatic nitrogens is 4. The van der Waals surface area contributed by atoms with E-state index < -0.39 is 0 Å². The third-order valence-corrected chi connectivity index (χ3v) is 4.70. The van der Waals surface area contributed by atoms with Crippen molar-refractivity contribution in [1.29, 1.82) is 0 Å². The molecule has 0 amide bonds. The molecule has 0 fully saturated rings. The summed E-state index contributed by atoms with van der Waals surface area (Å²) < 4.78 is 0. The number of aliphatic imine (C=N–C) groups is 1. The summed E-state index contributed by atoms with van der Waals surface area (Å²) >= 11 is 0. The van der Waals surface area contributed by atoms with Crippen molar-refractivity contribution >= 4 is 5.71 Å². The van der Waals surface area contributed by atoms with Crippen molar-refractivity contribution in [3.63, 3.8) is 0 Å². The van der Waals surface area contributed by atoms with Gasteiger partial charge in [-0.05, 0) is 26.2 Å². The summed E-state index contributed by atoms with van der Waals surface area (Å²) in [5.41, 5.74) is 5.80. The first-order chi connectivity index (χ1) is 11.3. The number of nitrogens with one attached hydrogen (secondary N) is 1. The van der Waals surface area contributed by atoms with Gasteiger partial charge in [0.25, 0.3) is 0 Å². The van der Waals surface area contributed by atoms with Gasteiger partial charge in [0.05, 0.1) is 23.4 Å². The van der Waals surface area contributed by atoms with E-state index in [1.165, 1.54) is 24.1 Å². The van der Waals surface area contributed by atoms with Gasteiger partial charge in [-0.1, -0.05) is 0 Å².